The first kappa shape index (κ1) is 40.5. The van der Waals surface area contributed by atoms with E-state index in [1.807, 2.05) is 13.8 Å². The number of aromatic nitrogens is 5. The highest BCUT2D eigenvalue weighted by molar-refractivity contribution is 5.95. The van der Waals surface area contributed by atoms with Crippen molar-refractivity contribution in [2.75, 3.05) is 25.4 Å². The summed E-state index contributed by atoms with van der Waals surface area (Å²) in [5, 5.41) is 24.3. The van der Waals surface area contributed by atoms with Gasteiger partial charge in [-0.05, 0) is 43.9 Å². The van der Waals surface area contributed by atoms with Crippen LogP contribution in [0.1, 0.15) is 62.8 Å². The molecule has 3 aromatic heterocycles. The SMILES string of the molecule is CC1=CC(O)CC(F)Cc2nc(co2)C(=O)N2CCCC2C(=O)OC(C(C)C)C(CC(=O)NCCn2cc(-c3ccc(N)nc3)nn2)/C=C/C(=O)NCC=C1. The zero-order valence-corrected chi connectivity index (χ0v) is 31.1. The number of aliphatic hydroxyl groups excluding tert-OH is 1. The van der Waals surface area contributed by atoms with Gasteiger partial charge >= 0.3 is 5.97 Å². The average molecular weight is 762 g/mol. The van der Waals surface area contributed by atoms with E-state index in [4.69, 9.17) is 14.9 Å². The maximum Gasteiger partial charge on any atom is 0.329 e. The third kappa shape index (κ3) is 11.6. The lowest BCUT2D eigenvalue weighted by Gasteiger charge is -2.30. The van der Waals surface area contributed by atoms with Gasteiger partial charge in [-0.25, -0.2) is 19.2 Å². The average Bonchev–Trinajstić information content (AvgIpc) is 3.92. The monoisotopic (exact) mass is 761 g/mol. The van der Waals surface area contributed by atoms with Crippen molar-refractivity contribution in [1.82, 2.24) is 40.5 Å². The number of fused-ring (bicyclic) bond motifs is 3. The fraction of sp³-hybridized carbons (Fsp3) is 0.474. The first-order chi connectivity index (χ1) is 26.4. The van der Waals surface area contributed by atoms with Gasteiger partial charge in [0.15, 0.2) is 11.6 Å². The highest BCUT2D eigenvalue weighted by Gasteiger charge is 2.39. The topological polar surface area (TPSA) is 221 Å². The van der Waals surface area contributed by atoms with Crippen LogP contribution in [0.15, 0.2) is 71.2 Å². The standard InChI is InChI=1S/C38H48FN9O7/c1-23(2)36-25(17-34(51)42-13-15-47-21-29(45-46-47)26-8-10-32(40)43-20-26)9-11-33(50)41-12-4-6-24(3)16-28(49)18-27(39)19-35-44-30(22-54-35)37(52)48-14-5-7-31(48)38(53)55-36/h4,6,8-11,16,20-23,25,27-28,31,36,49H,5,7,12-15,17-19H2,1-3H3,(H2,40,43)(H,41,50)(H,42,51)/b6-4?,11-9+,24-16?. The zero-order valence-electron chi connectivity index (χ0n) is 31.1. The number of amides is 3. The number of aliphatic hydroxyl groups is 1. The molecule has 0 aromatic carbocycles. The van der Waals surface area contributed by atoms with Crippen LogP contribution in [0.3, 0.4) is 0 Å². The van der Waals surface area contributed by atoms with Gasteiger partial charge in [0, 0.05) is 50.2 Å². The number of carbonyl (C=O) groups is 4. The van der Waals surface area contributed by atoms with Gasteiger partial charge in [0.25, 0.3) is 5.91 Å². The van der Waals surface area contributed by atoms with Crippen molar-refractivity contribution >= 4 is 29.5 Å². The Morgan fingerprint density at radius 2 is 2.02 bits per heavy atom. The summed E-state index contributed by atoms with van der Waals surface area (Å²) in [6.45, 7) is 6.37. The van der Waals surface area contributed by atoms with Gasteiger partial charge in [0.2, 0.25) is 11.8 Å². The molecule has 0 spiro atoms. The molecule has 3 aromatic rings. The number of alkyl halides is 1. The van der Waals surface area contributed by atoms with Crippen LogP contribution >= 0.6 is 0 Å². The minimum absolute atomic E-state index is 0.00867. The molecule has 55 heavy (non-hydrogen) atoms. The third-order valence-corrected chi connectivity index (χ3v) is 9.21. The molecule has 3 amide bonds. The molecule has 1 saturated heterocycles. The molecule has 294 valence electrons. The molecule has 2 aliphatic heterocycles. The molecule has 0 radical (unpaired) electrons. The van der Waals surface area contributed by atoms with E-state index in [-0.39, 0.29) is 62.3 Å². The van der Waals surface area contributed by atoms with Crippen molar-refractivity contribution in [2.24, 2.45) is 11.8 Å². The van der Waals surface area contributed by atoms with E-state index in [2.05, 4.69) is 30.9 Å². The number of allylic oxidation sites excluding steroid dienone is 2. The molecule has 2 aliphatic rings. The predicted molar refractivity (Wildman–Crippen MR) is 198 cm³/mol. The van der Waals surface area contributed by atoms with Crippen LogP contribution < -0.4 is 16.4 Å². The van der Waals surface area contributed by atoms with Crippen LogP contribution in [0.2, 0.25) is 0 Å². The van der Waals surface area contributed by atoms with Gasteiger partial charge in [-0.3, -0.25) is 19.1 Å². The van der Waals surface area contributed by atoms with Crippen molar-refractivity contribution in [3.05, 3.63) is 78.3 Å². The van der Waals surface area contributed by atoms with Crippen LogP contribution in [-0.2, 0) is 32.1 Å². The second-order valence-electron chi connectivity index (χ2n) is 14.0. The summed E-state index contributed by atoms with van der Waals surface area (Å²) in [6.07, 6.45) is 9.01. The van der Waals surface area contributed by atoms with E-state index in [0.29, 0.717) is 36.5 Å². The molecule has 17 heteroatoms. The van der Waals surface area contributed by atoms with E-state index in [9.17, 15) is 28.7 Å². The second kappa shape index (κ2) is 19.1. The first-order valence-corrected chi connectivity index (χ1v) is 18.3. The Hall–Kier alpha value is -5.71. The van der Waals surface area contributed by atoms with Crippen molar-refractivity contribution in [3.63, 3.8) is 0 Å². The molecule has 5 atom stereocenters. The Morgan fingerprint density at radius 3 is 2.78 bits per heavy atom. The smallest absolute Gasteiger partial charge is 0.329 e. The summed E-state index contributed by atoms with van der Waals surface area (Å²) in [7, 11) is 0. The van der Waals surface area contributed by atoms with Gasteiger partial charge in [0.1, 0.15) is 36.1 Å². The Kier molecular flexibility index (Phi) is 14.0. The summed E-state index contributed by atoms with van der Waals surface area (Å²) in [5.41, 5.74) is 7.59. The molecule has 5 N–H and O–H groups in total. The van der Waals surface area contributed by atoms with E-state index in [0.717, 1.165) is 11.8 Å². The highest BCUT2D eigenvalue weighted by atomic mass is 19.1. The first-order valence-electron chi connectivity index (χ1n) is 18.3. The molecule has 5 unspecified atom stereocenters. The number of cyclic esters (lactones) is 1. The number of rotatable bonds is 7. The molecule has 0 saturated carbocycles. The number of oxazole rings is 1. The Bertz CT molecular complexity index is 1890. The lowest BCUT2D eigenvalue weighted by molar-refractivity contribution is -0.159. The van der Waals surface area contributed by atoms with Crippen molar-refractivity contribution < 1.29 is 37.8 Å². The van der Waals surface area contributed by atoms with E-state index >= 15 is 0 Å². The zero-order chi connectivity index (χ0) is 39.5. The summed E-state index contributed by atoms with van der Waals surface area (Å²) in [5.74, 6) is -2.63. The second-order valence-corrected chi connectivity index (χ2v) is 14.0. The number of esters is 1. The van der Waals surface area contributed by atoms with E-state index < -0.39 is 48.1 Å². The van der Waals surface area contributed by atoms with Crippen molar-refractivity contribution in [1.29, 1.82) is 0 Å². The largest absolute Gasteiger partial charge is 0.460 e. The van der Waals surface area contributed by atoms with Crippen LogP contribution in [0.5, 0.6) is 0 Å². The quantitative estimate of drug-likeness (QED) is 0.256. The predicted octanol–water partition coefficient (Wildman–Crippen LogP) is 2.73. The van der Waals surface area contributed by atoms with Crippen molar-refractivity contribution in [2.45, 2.75) is 83.8 Å². The van der Waals surface area contributed by atoms with Crippen LogP contribution in [0.25, 0.3) is 11.3 Å². The molecular weight excluding hydrogens is 713 g/mol. The number of carbonyl (C=O) groups excluding carboxylic acids is 4. The summed E-state index contributed by atoms with van der Waals surface area (Å²) in [4.78, 5) is 63.1. The lowest BCUT2D eigenvalue weighted by Crippen LogP contribution is -2.44. The molecule has 1 fully saturated rings. The van der Waals surface area contributed by atoms with E-state index in [1.165, 1.54) is 17.1 Å². The Balaban J connectivity index is 1.32. The van der Waals surface area contributed by atoms with Gasteiger partial charge < -0.3 is 35.5 Å². The fourth-order valence-electron chi connectivity index (χ4n) is 6.46. The van der Waals surface area contributed by atoms with Crippen LogP contribution in [0.4, 0.5) is 10.2 Å². The summed E-state index contributed by atoms with van der Waals surface area (Å²) < 4.78 is 27.9. The molecule has 0 aliphatic carbocycles. The number of pyridine rings is 1. The number of nitrogen functional groups attached to an aromatic ring is 1. The normalized spacial score (nSPS) is 23.8. The maximum absolute atomic E-state index is 14.8. The minimum atomic E-state index is -1.50. The molecule has 5 rings (SSSR count). The number of hydrogen-bond donors (Lipinski definition) is 4. The highest BCUT2D eigenvalue weighted by Crippen LogP contribution is 2.27. The number of nitrogens with two attached hydrogens (primary N) is 1. The molecule has 16 nitrogen and oxygen atoms in total. The Labute approximate surface area is 318 Å². The van der Waals surface area contributed by atoms with E-state index in [1.54, 1.807) is 54.4 Å². The lowest BCUT2D eigenvalue weighted by atomic mass is 9.89. The van der Waals surface area contributed by atoms with Gasteiger partial charge in [-0.1, -0.05) is 48.9 Å². The summed E-state index contributed by atoms with van der Waals surface area (Å²) in [6, 6.07) is 2.52. The molecule has 2 bridgehead atoms. The number of nitrogens with one attached hydrogen (secondary N) is 2. The number of halogens is 1. The number of nitrogens with zero attached hydrogens (tertiary/aromatic N) is 6. The maximum atomic E-state index is 14.8. The molecular formula is C38H48FN9O7. The van der Waals surface area contributed by atoms with Crippen LogP contribution in [-0.4, -0.2) is 103 Å². The number of hydrogen-bond acceptors (Lipinski definition) is 12. The van der Waals surface area contributed by atoms with Crippen LogP contribution in [0, 0.1) is 11.8 Å². The van der Waals surface area contributed by atoms with Crippen molar-refractivity contribution in [3.8, 4) is 11.3 Å². The fourth-order valence-corrected chi connectivity index (χ4v) is 6.46. The Morgan fingerprint density at radius 1 is 1.20 bits per heavy atom. The van der Waals surface area contributed by atoms with Gasteiger partial charge in [-0.2, -0.15) is 0 Å². The van der Waals surface area contributed by atoms with Gasteiger partial charge in [0.05, 0.1) is 25.3 Å². The third-order valence-electron chi connectivity index (χ3n) is 9.21. The number of anilines is 1. The molecule has 5 heterocycles. The summed E-state index contributed by atoms with van der Waals surface area (Å²) >= 11 is 0. The van der Waals surface area contributed by atoms with Gasteiger partial charge in [-0.15, -0.1) is 5.10 Å². The minimum Gasteiger partial charge on any atom is -0.460 e. The number of ether oxygens (including phenoxy) is 1.